The van der Waals surface area contributed by atoms with Crippen molar-refractivity contribution in [2.45, 2.75) is 0 Å². The molecule has 2 aromatic rings. The Bertz CT molecular complexity index is 628. The molecule has 0 bridgehead atoms. The van der Waals surface area contributed by atoms with Crippen LogP contribution in [-0.2, 0) is 4.74 Å². The molecular formula is C15H19N5O. The topological polar surface area (TPSA) is 91.5 Å². The van der Waals surface area contributed by atoms with Crippen LogP contribution in [0.5, 0.6) is 0 Å². The van der Waals surface area contributed by atoms with Gasteiger partial charge in [0.1, 0.15) is 12.1 Å². The van der Waals surface area contributed by atoms with Crippen LogP contribution >= 0.6 is 0 Å². The maximum Gasteiger partial charge on any atom is 0.141 e. The Morgan fingerprint density at radius 2 is 2.14 bits per heavy atom. The molecule has 0 aliphatic carbocycles. The molecule has 0 saturated heterocycles. The van der Waals surface area contributed by atoms with Gasteiger partial charge in [-0.15, -0.1) is 0 Å². The zero-order chi connectivity index (χ0) is 15.1. The Hall–Kier alpha value is -2.60. The Balaban J connectivity index is 2.12. The summed E-state index contributed by atoms with van der Waals surface area (Å²) in [4.78, 5) is 8.26. The number of anilines is 1. The highest BCUT2D eigenvalue weighted by molar-refractivity contribution is 6.09. The van der Waals surface area contributed by atoms with Gasteiger partial charge in [-0.05, 0) is 17.7 Å². The highest BCUT2D eigenvalue weighted by Gasteiger charge is 2.01. The van der Waals surface area contributed by atoms with Crippen molar-refractivity contribution in [3.8, 4) is 5.69 Å². The van der Waals surface area contributed by atoms with Crippen molar-refractivity contribution in [1.82, 2.24) is 9.55 Å². The van der Waals surface area contributed by atoms with Gasteiger partial charge in [0, 0.05) is 30.8 Å². The predicted molar refractivity (Wildman–Crippen MR) is 85.4 cm³/mol. The molecule has 0 atom stereocenters. The van der Waals surface area contributed by atoms with Gasteiger partial charge in [0.05, 0.1) is 19.3 Å². The lowest BCUT2D eigenvalue weighted by Crippen LogP contribution is -1.97. The monoisotopic (exact) mass is 285 g/mol. The Kier molecular flexibility index (Phi) is 5.11. The van der Waals surface area contributed by atoms with E-state index in [2.05, 4.69) is 9.98 Å². The molecule has 4 N–H and O–H groups in total. The first-order chi connectivity index (χ1) is 10.2. The number of rotatable bonds is 6. The molecule has 6 nitrogen and oxygen atoms in total. The van der Waals surface area contributed by atoms with Crippen LogP contribution in [0.3, 0.4) is 0 Å². The zero-order valence-electron chi connectivity index (χ0n) is 11.9. The summed E-state index contributed by atoms with van der Waals surface area (Å²) in [6.07, 6.45) is 6.74. The van der Waals surface area contributed by atoms with Gasteiger partial charge < -0.3 is 20.8 Å². The molecule has 0 aliphatic heterocycles. The maximum atomic E-state index is 5.66. The molecule has 21 heavy (non-hydrogen) atoms. The molecule has 0 spiro atoms. The van der Waals surface area contributed by atoms with Gasteiger partial charge in [-0.2, -0.15) is 0 Å². The van der Waals surface area contributed by atoms with E-state index in [1.807, 2.05) is 28.8 Å². The quantitative estimate of drug-likeness (QED) is 0.621. The van der Waals surface area contributed by atoms with E-state index in [0.29, 0.717) is 19.0 Å². The van der Waals surface area contributed by atoms with Gasteiger partial charge in [-0.25, -0.2) is 4.98 Å². The first kappa shape index (κ1) is 14.8. The lowest BCUT2D eigenvalue weighted by molar-refractivity contribution is 0.208. The average Bonchev–Trinajstić information content (AvgIpc) is 2.94. The number of nitrogens with two attached hydrogens (primary N) is 2. The fourth-order valence-corrected chi connectivity index (χ4v) is 1.83. The van der Waals surface area contributed by atoms with Gasteiger partial charge in [0.15, 0.2) is 0 Å². The van der Waals surface area contributed by atoms with E-state index < -0.39 is 0 Å². The first-order valence-corrected chi connectivity index (χ1v) is 6.55. The van der Waals surface area contributed by atoms with Crippen molar-refractivity contribution in [1.29, 1.82) is 0 Å². The number of nitrogen functional groups attached to an aromatic ring is 1. The van der Waals surface area contributed by atoms with E-state index >= 15 is 0 Å². The highest BCUT2D eigenvalue weighted by atomic mass is 16.5. The molecule has 1 heterocycles. The molecular weight excluding hydrogens is 266 g/mol. The van der Waals surface area contributed by atoms with E-state index in [1.54, 1.807) is 32.0 Å². The molecule has 6 heteroatoms. The molecule has 0 saturated carbocycles. The molecule has 1 aromatic heterocycles. The lowest BCUT2D eigenvalue weighted by Gasteiger charge is -2.05. The minimum Gasteiger partial charge on any atom is -0.404 e. The highest BCUT2D eigenvalue weighted by Crippen LogP contribution is 2.16. The summed E-state index contributed by atoms with van der Waals surface area (Å²) in [6.45, 7) is 1.20. The Morgan fingerprint density at radius 1 is 1.38 bits per heavy atom. The van der Waals surface area contributed by atoms with Crippen molar-refractivity contribution in [3.63, 3.8) is 0 Å². The zero-order valence-corrected chi connectivity index (χ0v) is 11.9. The lowest BCUT2D eigenvalue weighted by atomic mass is 10.1. The van der Waals surface area contributed by atoms with Crippen LogP contribution in [0.4, 0.5) is 5.82 Å². The second kappa shape index (κ2) is 7.25. The number of ether oxygens (including phenoxy) is 1. The second-order valence-corrected chi connectivity index (χ2v) is 4.40. The second-order valence-electron chi connectivity index (χ2n) is 4.40. The largest absolute Gasteiger partial charge is 0.404 e. The number of aromatic nitrogens is 2. The molecule has 110 valence electrons. The van der Waals surface area contributed by atoms with Crippen LogP contribution in [0.15, 0.2) is 48.0 Å². The summed E-state index contributed by atoms with van der Waals surface area (Å²) in [7, 11) is 1.65. The third-order valence-electron chi connectivity index (χ3n) is 2.94. The van der Waals surface area contributed by atoms with Gasteiger partial charge in [-0.1, -0.05) is 12.1 Å². The SMILES string of the molecule is COCCN=CC(=CN)c1ccc(-n2cnc(N)c2)cc1. The molecule has 0 aliphatic rings. The van der Waals surface area contributed by atoms with Crippen LogP contribution in [0.2, 0.25) is 0 Å². The van der Waals surface area contributed by atoms with Gasteiger partial charge in [0.2, 0.25) is 0 Å². The summed E-state index contributed by atoms with van der Waals surface area (Å²) in [6, 6.07) is 7.91. The number of benzene rings is 1. The average molecular weight is 285 g/mol. The summed E-state index contributed by atoms with van der Waals surface area (Å²) in [5.74, 6) is 0.492. The van der Waals surface area contributed by atoms with Gasteiger partial charge in [-0.3, -0.25) is 4.99 Å². The molecule has 0 fully saturated rings. The molecule has 0 radical (unpaired) electrons. The predicted octanol–water partition coefficient (Wildman–Crippen LogP) is 1.47. The number of hydrogen-bond acceptors (Lipinski definition) is 5. The Labute approximate surface area is 123 Å². The van der Waals surface area contributed by atoms with Crippen molar-refractivity contribution >= 4 is 17.6 Å². The molecule has 0 unspecified atom stereocenters. The van der Waals surface area contributed by atoms with Crippen molar-refractivity contribution < 1.29 is 4.74 Å². The van der Waals surface area contributed by atoms with Crippen molar-refractivity contribution in [3.05, 3.63) is 48.6 Å². The summed E-state index contributed by atoms with van der Waals surface area (Å²) < 4.78 is 6.81. The smallest absolute Gasteiger partial charge is 0.141 e. The fourth-order valence-electron chi connectivity index (χ4n) is 1.83. The van der Waals surface area contributed by atoms with E-state index in [-0.39, 0.29) is 0 Å². The summed E-state index contributed by atoms with van der Waals surface area (Å²) >= 11 is 0. The van der Waals surface area contributed by atoms with Crippen LogP contribution in [0, 0.1) is 0 Å². The minimum atomic E-state index is 0.492. The number of nitrogens with zero attached hydrogens (tertiary/aromatic N) is 3. The van der Waals surface area contributed by atoms with Gasteiger partial charge in [0.25, 0.3) is 0 Å². The van der Waals surface area contributed by atoms with E-state index in [9.17, 15) is 0 Å². The van der Waals surface area contributed by atoms with Crippen molar-refractivity contribution in [2.75, 3.05) is 26.0 Å². The van der Waals surface area contributed by atoms with E-state index in [0.717, 1.165) is 16.8 Å². The number of methoxy groups -OCH3 is 1. The third-order valence-corrected chi connectivity index (χ3v) is 2.94. The molecule has 2 rings (SSSR count). The van der Waals surface area contributed by atoms with Gasteiger partial charge >= 0.3 is 0 Å². The van der Waals surface area contributed by atoms with E-state index in [4.69, 9.17) is 16.2 Å². The standard InChI is InChI=1S/C15H19N5O/c1-21-7-6-18-9-13(8-16)12-2-4-14(5-3-12)20-10-15(17)19-11-20/h2-5,8-11H,6-7,16-17H2,1H3. The molecule has 0 amide bonds. The number of allylic oxidation sites excluding steroid dienone is 1. The van der Waals surface area contributed by atoms with Crippen LogP contribution in [-0.4, -0.2) is 36.0 Å². The summed E-state index contributed by atoms with van der Waals surface area (Å²) in [5, 5.41) is 0. The number of aliphatic imine (C=N–C) groups is 1. The number of imidazole rings is 1. The van der Waals surface area contributed by atoms with Crippen LogP contribution in [0.1, 0.15) is 5.56 Å². The van der Waals surface area contributed by atoms with Crippen LogP contribution < -0.4 is 11.5 Å². The number of hydrogen-bond donors (Lipinski definition) is 2. The summed E-state index contributed by atoms with van der Waals surface area (Å²) in [5.41, 5.74) is 14.1. The van der Waals surface area contributed by atoms with Crippen LogP contribution in [0.25, 0.3) is 11.3 Å². The minimum absolute atomic E-state index is 0.492. The van der Waals surface area contributed by atoms with Crippen molar-refractivity contribution in [2.24, 2.45) is 10.7 Å². The third kappa shape index (κ3) is 3.93. The maximum absolute atomic E-state index is 5.66. The fraction of sp³-hybridized carbons (Fsp3) is 0.200. The first-order valence-electron chi connectivity index (χ1n) is 6.55. The Morgan fingerprint density at radius 3 is 2.71 bits per heavy atom. The molecule has 1 aromatic carbocycles. The van der Waals surface area contributed by atoms with E-state index in [1.165, 1.54) is 0 Å². The normalized spacial score (nSPS) is 12.1.